The van der Waals surface area contributed by atoms with Gasteiger partial charge in [0.05, 0.1) is 5.41 Å². The smallest absolute Gasteiger partial charge is 0.410 e. The lowest BCUT2D eigenvalue weighted by Crippen LogP contribution is -2.62. The summed E-state index contributed by atoms with van der Waals surface area (Å²) in [4.78, 5) is 26.8. The van der Waals surface area contributed by atoms with E-state index in [9.17, 15) is 9.59 Å². The first-order chi connectivity index (χ1) is 11.0. The lowest BCUT2D eigenvalue weighted by molar-refractivity contribution is -0.175. The van der Waals surface area contributed by atoms with Crippen LogP contribution in [0.4, 0.5) is 4.79 Å². The Hall–Kier alpha value is -1.26. The van der Waals surface area contributed by atoms with Gasteiger partial charge in [-0.15, -0.1) is 0 Å². The van der Waals surface area contributed by atoms with Crippen LogP contribution in [-0.2, 0) is 9.53 Å². The molecule has 23 heavy (non-hydrogen) atoms. The third kappa shape index (κ3) is 2.43. The van der Waals surface area contributed by atoms with Crippen molar-refractivity contribution >= 4 is 12.0 Å². The van der Waals surface area contributed by atoms with Crippen LogP contribution in [0.1, 0.15) is 51.9 Å². The molecule has 2 amide bonds. The normalized spacial score (nSPS) is 45.1. The molecule has 1 aliphatic heterocycles. The molecule has 5 rings (SSSR count). The molecule has 0 aromatic rings. The number of rotatable bonds is 2. The fourth-order valence-electron chi connectivity index (χ4n) is 6.08. The third-order valence-corrected chi connectivity index (χ3v) is 6.85. The second kappa shape index (κ2) is 5.38. The van der Waals surface area contributed by atoms with Crippen LogP contribution in [0.5, 0.6) is 0 Å². The molecule has 0 aromatic carbocycles. The number of likely N-dealkylation sites (tertiary alicyclic amines) is 1. The summed E-state index contributed by atoms with van der Waals surface area (Å²) in [5.41, 5.74) is 5.22. The Balaban J connectivity index is 1.53. The van der Waals surface area contributed by atoms with Gasteiger partial charge in [0.25, 0.3) is 0 Å². The maximum Gasteiger partial charge on any atom is 0.410 e. The molecule has 5 heteroatoms. The van der Waals surface area contributed by atoms with E-state index in [2.05, 4.69) is 6.92 Å². The van der Waals surface area contributed by atoms with E-state index in [1.165, 1.54) is 12.8 Å². The number of nitrogens with zero attached hydrogens (tertiary/aromatic N) is 1. The van der Waals surface area contributed by atoms with E-state index in [0.29, 0.717) is 23.7 Å². The number of nitrogens with two attached hydrogens (primary N) is 1. The van der Waals surface area contributed by atoms with Gasteiger partial charge in [-0.3, -0.25) is 4.79 Å². The van der Waals surface area contributed by atoms with Crippen molar-refractivity contribution in [3.05, 3.63) is 0 Å². The Labute approximate surface area is 137 Å². The second-order valence-corrected chi connectivity index (χ2v) is 8.63. The number of carbonyl (C=O) groups excluding carboxylic acids is 2. The van der Waals surface area contributed by atoms with Gasteiger partial charge in [-0.1, -0.05) is 6.92 Å². The van der Waals surface area contributed by atoms with Crippen LogP contribution >= 0.6 is 0 Å². The van der Waals surface area contributed by atoms with Crippen LogP contribution in [0.2, 0.25) is 0 Å². The van der Waals surface area contributed by atoms with Crippen molar-refractivity contribution in [3.63, 3.8) is 0 Å². The monoisotopic (exact) mass is 320 g/mol. The molecule has 4 saturated carbocycles. The molecule has 1 saturated heterocycles. The van der Waals surface area contributed by atoms with Gasteiger partial charge in [-0.05, 0) is 68.6 Å². The summed E-state index contributed by atoms with van der Waals surface area (Å²) in [5, 5.41) is 0. The van der Waals surface area contributed by atoms with Gasteiger partial charge in [0, 0.05) is 13.1 Å². The average molecular weight is 320 g/mol. The van der Waals surface area contributed by atoms with Crippen molar-refractivity contribution in [2.45, 2.75) is 58.0 Å². The predicted molar refractivity (Wildman–Crippen MR) is 85.4 cm³/mol. The van der Waals surface area contributed by atoms with Crippen molar-refractivity contribution in [1.82, 2.24) is 4.90 Å². The van der Waals surface area contributed by atoms with Gasteiger partial charge < -0.3 is 15.4 Å². The molecular weight excluding hydrogens is 292 g/mol. The molecule has 0 aromatic heterocycles. The summed E-state index contributed by atoms with van der Waals surface area (Å²) in [6, 6.07) is 0. The first kappa shape index (κ1) is 15.3. The number of piperidine rings is 1. The van der Waals surface area contributed by atoms with Crippen LogP contribution in [-0.4, -0.2) is 36.1 Å². The zero-order valence-corrected chi connectivity index (χ0v) is 14.0. The van der Waals surface area contributed by atoms with E-state index in [1.54, 1.807) is 0 Å². The zero-order chi connectivity index (χ0) is 16.2. The molecule has 4 aliphatic carbocycles. The number of primary amides is 1. The predicted octanol–water partition coefficient (Wildman–Crippen LogP) is 2.54. The second-order valence-electron chi connectivity index (χ2n) is 8.63. The lowest BCUT2D eigenvalue weighted by atomic mass is 9.48. The molecule has 5 nitrogen and oxygen atoms in total. The van der Waals surface area contributed by atoms with Crippen LogP contribution < -0.4 is 5.73 Å². The molecule has 5 fully saturated rings. The van der Waals surface area contributed by atoms with Gasteiger partial charge in [-0.2, -0.15) is 0 Å². The molecule has 0 radical (unpaired) electrons. The Morgan fingerprint density at radius 3 is 2.48 bits per heavy atom. The highest BCUT2D eigenvalue weighted by Crippen LogP contribution is 2.60. The first-order valence-corrected chi connectivity index (χ1v) is 9.23. The molecule has 4 bridgehead atoms. The first-order valence-electron chi connectivity index (χ1n) is 9.23. The molecule has 1 heterocycles. The number of ether oxygens (including phenoxy) is 1. The fourth-order valence-corrected chi connectivity index (χ4v) is 6.08. The average Bonchev–Trinajstić information content (AvgIpc) is 2.50. The van der Waals surface area contributed by atoms with Crippen molar-refractivity contribution < 1.29 is 14.3 Å². The highest BCUT2D eigenvalue weighted by Gasteiger charge is 2.62. The molecule has 4 atom stereocenters. The quantitative estimate of drug-likeness (QED) is 0.850. The van der Waals surface area contributed by atoms with Crippen molar-refractivity contribution in [1.29, 1.82) is 0 Å². The van der Waals surface area contributed by atoms with E-state index in [1.807, 2.05) is 4.90 Å². The minimum atomic E-state index is -0.591. The minimum absolute atomic E-state index is 0.227. The molecule has 2 N–H and O–H groups in total. The summed E-state index contributed by atoms with van der Waals surface area (Å²) < 4.78 is 5.97. The zero-order valence-electron chi connectivity index (χ0n) is 14.0. The van der Waals surface area contributed by atoms with E-state index in [-0.39, 0.29) is 18.1 Å². The summed E-state index contributed by atoms with van der Waals surface area (Å²) in [6.45, 7) is 3.72. The van der Waals surface area contributed by atoms with E-state index in [0.717, 1.165) is 45.2 Å². The summed E-state index contributed by atoms with van der Waals surface area (Å²) in [7, 11) is 0. The van der Waals surface area contributed by atoms with E-state index >= 15 is 0 Å². The van der Waals surface area contributed by atoms with Crippen LogP contribution in [0.25, 0.3) is 0 Å². The standard InChI is InChI=1S/C18H28N2O3/c1-11-3-2-4-20(10-11)17(22)23-15-14-6-12-5-13(7-14)9-18(15,8-12)16(19)21/h11-15H,2-10H2,1H3,(H2,19,21). The summed E-state index contributed by atoms with van der Waals surface area (Å²) in [6.07, 6.45) is 6.76. The number of amides is 2. The molecular formula is C18H28N2O3. The SMILES string of the molecule is CC1CCCN(C(=O)OC2C3CC4CC(C3)CC2(C(N)=O)C4)C1. The fraction of sp³-hybridized carbons (Fsp3) is 0.889. The Bertz CT molecular complexity index is 506. The van der Waals surface area contributed by atoms with Crippen molar-refractivity contribution in [2.24, 2.45) is 34.8 Å². The van der Waals surface area contributed by atoms with Gasteiger partial charge in [0.1, 0.15) is 6.10 Å². The number of hydrogen-bond acceptors (Lipinski definition) is 3. The third-order valence-electron chi connectivity index (χ3n) is 6.85. The summed E-state index contributed by atoms with van der Waals surface area (Å²) in [5.74, 6) is 1.82. The van der Waals surface area contributed by atoms with Crippen LogP contribution in [0.15, 0.2) is 0 Å². The largest absolute Gasteiger partial charge is 0.445 e. The Morgan fingerprint density at radius 2 is 1.87 bits per heavy atom. The Morgan fingerprint density at radius 1 is 1.17 bits per heavy atom. The molecule has 0 spiro atoms. The van der Waals surface area contributed by atoms with E-state index in [4.69, 9.17) is 10.5 Å². The molecule has 128 valence electrons. The summed E-state index contributed by atoms with van der Waals surface area (Å²) >= 11 is 0. The lowest BCUT2D eigenvalue weighted by Gasteiger charge is -2.58. The van der Waals surface area contributed by atoms with E-state index < -0.39 is 5.41 Å². The van der Waals surface area contributed by atoms with Crippen LogP contribution in [0.3, 0.4) is 0 Å². The minimum Gasteiger partial charge on any atom is -0.445 e. The van der Waals surface area contributed by atoms with Gasteiger partial charge in [-0.25, -0.2) is 4.79 Å². The van der Waals surface area contributed by atoms with Gasteiger partial charge in [0.2, 0.25) is 5.91 Å². The van der Waals surface area contributed by atoms with Gasteiger partial charge in [0.15, 0.2) is 0 Å². The highest BCUT2D eigenvalue weighted by molar-refractivity contribution is 5.83. The topological polar surface area (TPSA) is 72.6 Å². The number of carbonyl (C=O) groups is 2. The highest BCUT2D eigenvalue weighted by atomic mass is 16.6. The number of hydrogen-bond donors (Lipinski definition) is 1. The maximum absolute atomic E-state index is 12.7. The molecule has 5 aliphatic rings. The van der Waals surface area contributed by atoms with Crippen molar-refractivity contribution in [3.8, 4) is 0 Å². The van der Waals surface area contributed by atoms with Crippen LogP contribution in [0, 0.1) is 29.1 Å². The van der Waals surface area contributed by atoms with Crippen molar-refractivity contribution in [2.75, 3.05) is 13.1 Å². The van der Waals surface area contributed by atoms with Gasteiger partial charge >= 0.3 is 6.09 Å². The Kier molecular flexibility index (Phi) is 3.58. The maximum atomic E-state index is 12.7. The molecule has 4 unspecified atom stereocenters.